The average molecular weight is 485 g/mol. The first kappa shape index (κ1) is 25.4. The quantitative estimate of drug-likeness (QED) is 0.448. The van der Waals surface area contributed by atoms with E-state index in [-0.39, 0.29) is 53.5 Å². The maximum absolute atomic E-state index is 13.4. The third-order valence-corrected chi connectivity index (χ3v) is 9.10. The number of esters is 3. The molecule has 0 aromatic heterocycles. The number of carbonyl (C=O) groups is 4. The predicted octanol–water partition coefficient (Wildman–Crippen LogP) is 4.52. The van der Waals surface area contributed by atoms with Crippen LogP contribution in [0.4, 0.5) is 0 Å². The molecule has 3 saturated carbocycles. The maximum atomic E-state index is 13.4. The van der Waals surface area contributed by atoms with E-state index in [0.29, 0.717) is 31.2 Å². The lowest BCUT2D eigenvalue weighted by atomic mass is 9.51. The summed E-state index contributed by atoms with van der Waals surface area (Å²) >= 11 is 0. The molecule has 3 aliphatic carbocycles. The number of hydrogen-bond donors (Lipinski definition) is 0. The van der Waals surface area contributed by atoms with Crippen molar-refractivity contribution in [3.05, 3.63) is 35.9 Å². The SMILES string of the molecule is COC(=O)C1C(C2(C)CCC(OC(C)=O)CC2=O)CCC2(C)C(OC(=O)c3ccccc3)CCC12. The summed E-state index contributed by atoms with van der Waals surface area (Å²) in [7, 11) is 1.40. The van der Waals surface area contributed by atoms with Crippen molar-refractivity contribution >= 4 is 23.7 Å². The number of fused-ring (bicyclic) bond motifs is 1. The summed E-state index contributed by atoms with van der Waals surface area (Å²) in [4.78, 5) is 50.8. The highest BCUT2D eigenvalue weighted by atomic mass is 16.5. The third kappa shape index (κ3) is 4.62. The largest absolute Gasteiger partial charge is 0.469 e. The van der Waals surface area contributed by atoms with Gasteiger partial charge < -0.3 is 14.2 Å². The first-order valence-corrected chi connectivity index (χ1v) is 12.6. The van der Waals surface area contributed by atoms with Gasteiger partial charge in [-0.05, 0) is 62.5 Å². The Morgan fingerprint density at radius 1 is 0.914 bits per heavy atom. The van der Waals surface area contributed by atoms with Gasteiger partial charge in [0.15, 0.2) is 0 Å². The monoisotopic (exact) mass is 484 g/mol. The standard InChI is InChI=1S/C28H36O7/c1-17(29)34-19-12-14-27(2,22(30)16-19)21-13-15-28(3)20(24(21)26(32)33-4)10-11-23(28)35-25(31)18-8-6-5-7-9-18/h5-9,19-21,23-24H,10-16H2,1-4H3. The lowest BCUT2D eigenvalue weighted by Crippen LogP contribution is -2.54. The van der Waals surface area contributed by atoms with E-state index in [9.17, 15) is 19.2 Å². The molecule has 7 nitrogen and oxygen atoms in total. The molecule has 0 N–H and O–H groups in total. The van der Waals surface area contributed by atoms with Crippen molar-refractivity contribution in [1.29, 1.82) is 0 Å². The van der Waals surface area contributed by atoms with Gasteiger partial charge in [-0.15, -0.1) is 0 Å². The highest BCUT2D eigenvalue weighted by Crippen LogP contribution is 2.61. The fraction of sp³-hybridized carbons (Fsp3) is 0.643. The van der Waals surface area contributed by atoms with E-state index in [1.165, 1.54) is 14.0 Å². The summed E-state index contributed by atoms with van der Waals surface area (Å²) in [6.45, 7) is 5.43. The first-order valence-electron chi connectivity index (χ1n) is 12.6. The Hall–Kier alpha value is -2.70. The van der Waals surface area contributed by atoms with Crippen molar-refractivity contribution in [2.24, 2.45) is 28.6 Å². The van der Waals surface area contributed by atoms with Gasteiger partial charge in [-0.25, -0.2) is 4.79 Å². The molecule has 190 valence electrons. The highest BCUT2D eigenvalue weighted by molar-refractivity contribution is 5.89. The smallest absolute Gasteiger partial charge is 0.338 e. The number of hydrogen-bond acceptors (Lipinski definition) is 7. The van der Waals surface area contributed by atoms with E-state index in [1.54, 1.807) is 12.1 Å². The van der Waals surface area contributed by atoms with Crippen molar-refractivity contribution in [3.8, 4) is 0 Å². The van der Waals surface area contributed by atoms with Crippen LogP contribution in [0.3, 0.4) is 0 Å². The Labute approximate surface area is 206 Å². The number of carbonyl (C=O) groups excluding carboxylic acids is 4. The fourth-order valence-electron chi connectivity index (χ4n) is 7.11. The zero-order chi connectivity index (χ0) is 25.4. The van der Waals surface area contributed by atoms with Crippen LogP contribution < -0.4 is 0 Å². The van der Waals surface area contributed by atoms with Gasteiger partial charge in [-0.2, -0.15) is 0 Å². The Bertz CT molecular complexity index is 988. The molecule has 35 heavy (non-hydrogen) atoms. The molecule has 0 spiro atoms. The number of ether oxygens (including phenoxy) is 3. The van der Waals surface area contributed by atoms with Crippen LogP contribution in [-0.2, 0) is 28.6 Å². The molecular weight excluding hydrogens is 448 g/mol. The van der Waals surface area contributed by atoms with Crippen LogP contribution in [0.25, 0.3) is 0 Å². The normalized spacial score (nSPS) is 36.7. The lowest BCUT2D eigenvalue weighted by molar-refractivity contribution is -0.167. The Balaban J connectivity index is 1.56. The molecular formula is C28H36O7. The third-order valence-electron chi connectivity index (χ3n) is 9.10. The van der Waals surface area contributed by atoms with Crippen molar-refractivity contribution in [1.82, 2.24) is 0 Å². The molecule has 0 radical (unpaired) electrons. The van der Waals surface area contributed by atoms with E-state index in [1.807, 2.05) is 25.1 Å². The second kappa shape index (κ2) is 9.75. The van der Waals surface area contributed by atoms with Crippen LogP contribution >= 0.6 is 0 Å². The summed E-state index contributed by atoms with van der Waals surface area (Å²) in [5.74, 6) is -1.63. The summed E-state index contributed by atoms with van der Waals surface area (Å²) in [6.07, 6.45) is 3.51. The molecule has 7 atom stereocenters. The number of benzene rings is 1. The van der Waals surface area contributed by atoms with Gasteiger partial charge in [0.25, 0.3) is 0 Å². The second-order valence-corrected chi connectivity index (χ2v) is 11.0. The molecule has 7 heteroatoms. The van der Waals surface area contributed by atoms with Gasteiger partial charge in [-0.3, -0.25) is 14.4 Å². The molecule has 3 fully saturated rings. The molecule has 0 aliphatic heterocycles. The number of Topliss-reactive ketones (excluding diaryl/α,β-unsaturated/α-hetero) is 1. The molecule has 1 aromatic rings. The van der Waals surface area contributed by atoms with Crippen molar-refractivity contribution in [3.63, 3.8) is 0 Å². The van der Waals surface area contributed by atoms with E-state index in [4.69, 9.17) is 14.2 Å². The summed E-state index contributed by atoms with van der Waals surface area (Å²) in [5.41, 5.74) is -0.538. The molecule has 0 heterocycles. The van der Waals surface area contributed by atoms with E-state index < -0.39 is 17.4 Å². The van der Waals surface area contributed by atoms with Crippen LogP contribution in [0.2, 0.25) is 0 Å². The first-order chi connectivity index (χ1) is 16.6. The Morgan fingerprint density at radius 2 is 1.63 bits per heavy atom. The number of ketones is 1. The van der Waals surface area contributed by atoms with Crippen LogP contribution in [0.15, 0.2) is 30.3 Å². The minimum absolute atomic E-state index is 0.0434. The van der Waals surface area contributed by atoms with Crippen LogP contribution in [0, 0.1) is 28.6 Å². The summed E-state index contributed by atoms with van der Waals surface area (Å²) < 4.78 is 16.6. The lowest BCUT2D eigenvalue weighted by Gasteiger charge is -2.52. The predicted molar refractivity (Wildman–Crippen MR) is 127 cm³/mol. The number of methoxy groups -OCH3 is 1. The van der Waals surface area contributed by atoms with Gasteiger partial charge in [0.1, 0.15) is 18.0 Å². The van der Waals surface area contributed by atoms with Gasteiger partial charge >= 0.3 is 17.9 Å². The van der Waals surface area contributed by atoms with Crippen molar-refractivity contribution in [2.45, 2.75) is 77.9 Å². The molecule has 7 unspecified atom stereocenters. The minimum atomic E-state index is -0.685. The van der Waals surface area contributed by atoms with E-state index in [2.05, 4.69) is 6.92 Å². The van der Waals surface area contributed by atoms with E-state index >= 15 is 0 Å². The Morgan fingerprint density at radius 3 is 2.26 bits per heavy atom. The number of rotatable bonds is 5. The van der Waals surface area contributed by atoms with Gasteiger partial charge in [0.2, 0.25) is 0 Å². The highest BCUT2D eigenvalue weighted by Gasteiger charge is 2.62. The summed E-state index contributed by atoms with van der Waals surface area (Å²) in [5, 5.41) is 0. The summed E-state index contributed by atoms with van der Waals surface area (Å²) in [6, 6.07) is 8.95. The van der Waals surface area contributed by atoms with Crippen LogP contribution in [0.1, 0.15) is 76.1 Å². The van der Waals surface area contributed by atoms with Crippen molar-refractivity contribution < 1.29 is 33.4 Å². The van der Waals surface area contributed by atoms with Crippen molar-refractivity contribution in [2.75, 3.05) is 7.11 Å². The molecule has 4 rings (SSSR count). The molecule has 0 saturated heterocycles. The van der Waals surface area contributed by atoms with Crippen LogP contribution in [-0.4, -0.2) is 43.0 Å². The molecule has 3 aliphatic rings. The molecule has 0 bridgehead atoms. The molecule has 0 amide bonds. The second-order valence-electron chi connectivity index (χ2n) is 11.0. The zero-order valence-corrected chi connectivity index (χ0v) is 21.1. The van der Waals surface area contributed by atoms with Gasteiger partial charge in [-0.1, -0.05) is 32.0 Å². The fourth-order valence-corrected chi connectivity index (χ4v) is 7.11. The average Bonchev–Trinajstić information content (AvgIpc) is 3.16. The molecule has 1 aromatic carbocycles. The zero-order valence-electron chi connectivity index (χ0n) is 21.1. The Kier molecular flexibility index (Phi) is 7.07. The topological polar surface area (TPSA) is 96.0 Å². The maximum Gasteiger partial charge on any atom is 0.338 e. The van der Waals surface area contributed by atoms with Crippen LogP contribution in [0.5, 0.6) is 0 Å². The minimum Gasteiger partial charge on any atom is -0.469 e. The van der Waals surface area contributed by atoms with Gasteiger partial charge in [0, 0.05) is 24.2 Å². The van der Waals surface area contributed by atoms with E-state index in [0.717, 1.165) is 12.8 Å². The van der Waals surface area contributed by atoms with Gasteiger partial charge in [0.05, 0.1) is 18.6 Å².